The van der Waals surface area contributed by atoms with Gasteiger partial charge < -0.3 is 29.9 Å². The van der Waals surface area contributed by atoms with Crippen molar-refractivity contribution in [2.24, 2.45) is 0 Å². The molecule has 1 aliphatic heterocycles. The van der Waals surface area contributed by atoms with Crippen LogP contribution in [-0.2, 0) is 23.4 Å². The van der Waals surface area contributed by atoms with Crippen LogP contribution < -0.4 is 15.3 Å². The SMILES string of the molecule is CC(C)OC(=O)[C@H](C)NP(=O)(OC[C@H]1O[C@@H](n2cnc3c(N)ncnc32)[C@@H](O)[C@@H]1O)Oc1ccccc1. The van der Waals surface area contributed by atoms with E-state index in [0.717, 1.165) is 0 Å². The monoisotopic (exact) mass is 536 g/mol. The number of hydrogen-bond acceptors (Lipinski definition) is 12. The molecule has 2 aromatic heterocycles. The van der Waals surface area contributed by atoms with Crippen molar-refractivity contribution in [1.82, 2.24) is 24.6 Å². The van der Waals surface area contributed by atoms with Gasteiger partial charge in [0.1, 0.15) is 41.9 Å². The van der Waals surface area contributed by atoms with Crippen LogP contribution >= 0.6 is 7.75 Å². The van der Waals surface area contributed by atoms with Gasteiger partial charge in [-0.2, -0.15) is 5.09 Å². The third kappa shape index (κ3) is 6.06. The number of fused-ring (bicyclic) bond motifs is 1. The molecule has 15 heteroatoms. The lowest BCUT2D eigenvalue weighted by atomic mass is 10.1. The number of nitrogens with zero attached hydrogens (tertiary/aromatic N) is 4. The van der Waals surface area contributed by atoms with Crippen LogP contribution in [0.5, 0.6) is 5.75 Å². The van der Waals surface area contributed by atoms with Crippen molar-refractivity contribution in [1.29, 1.82) is 0 Å². The highest BCUT2D eigenvalue weighted by molar-refractivity contribution is 7.52. The minimum atomic E-state index is -4.20. The van der Waals surface area contributed by atoms with Crippen LogP contribution in [0.1, 0.15) is 27.0 Å². The molecule has 0 spiro atoms. The van der Waals surface area contributed by atoms with Crippen molar-refractivity contribution < 1.29 is 38.1 Å². The first-order valence-electron chi connectivity index (χ1n) is 11.5. The second-order valence-corrected chi connectivity index (χ2v) is 10.4. The predicted octanol–water partition coefficient (Wildman–Crippen LogP) is 1.16. The summed E-state index contributed by atoms with van der Waals surface area (Å²) in [6.07, 6.45) is -2.82. The second kappa shape index (κ2) is 11.1. The number of carbonyl (C=O) groups is 1. The van der Waals surface area contributed by atoms with Crippen LogP contribution in [-0.4, -0.2) is 72.8 Å². The number of aliphatic hydroxyl groups is 2. The standard InChI is InChI=1S/C22H29N6O8P/c1-12(2)34-22(31)13(3)27-37(32,36-14-7-5-4-6-8-14)33-9-15-17(29)18(30)21(35-15)28-11-26-16-19(23)24-10-25-20(16)28/h4-8,10-13,15,17-18,21,29-30H,9H2,1-3H3,(H,27,32)(H2,23,24,25)/t13-,15+,17+,18-,21+,37?/m0/s1. The zero-order valence-corrected chi connectivity index (χ0v) is 21.3. The summed E-state index contributed by atoms with van der Waals surface area (Å²) in [6, 6.07) is 7.17. The molecule has 3 heterocycles. The Hall–Kier alpha value is -3.13. The topological polar surface area (TPSA) is 193 Å². The molecule has 1 unspecified atom stereocenters. The summed E-state index contributed by atoms with van der Waals surface area (Å²) in [5, 5.41) is 23.9. The molecule has 37 heavy (non-hydrogen) atoms. The van der Waals surface area contributed by atoms with Gasteiger partial charge in [0.05, 0.1) is 19.0 Å². The molecule has 0 radical (unpaired) electrons. The minimum Gasteiger partial charge on any atom is -0.462 e. The summed E-state index contributed by atoms with van der Waals surface area (Å²) in [5.41, 5.74) is 6.42. The van der Waals surface area contributed by atoms with Crippen LogP contribution in [0, 0.1) is 0 Å². The highest BCUT2D eigenvalue weighted by Gasteiger charge is 2.46. The number of aromatic nitrogens is 4. The van der Waals surface area contributed by atoms with Crippen molar-refractivity contribution in [3.05, 3.63) is 43.0 Å². The Kier molecular flexibility index (Phi) is 8.07. The van der Waals surface area contributed by atoms with E-state index in [-0.39, 0.29) is 17.7 Å². The summed E-state index contributed by atoms with van der Waals surface area (Å²) in [7, 11) is -4.20. The third-order valence-corrected chi connectivity index (χ3v) is 7.08. The van der Waals surface area contributed by atoms with E-state index in [2.05, 4.69) is 20.0 Å². The molecule has 1 fully saturated rings. The Morgan fingerprint density at radius 1 is 1.19 bits per heavy atom. The molecular weight excluding hydrogens is 507 g/mol. The van der Waals surface area contributed by atoms with Crippen LogP contribution in [0.4, 0.5) is 5.82 Å². The fourth-order valence-electron chi connectivity index (χ4n) is 3.66. The molecule has 0 aliphatic carbocycles. The first kappa shape index (κ1) is 26.9. The minimum absolute atomic E-state index is 0.145. The largest absolute Gasteiger partial charge is 0.462 e. The van der Waals surface area contributed by atoms with E-state index in [1.165, 1.54) is 24.1 Å². The lowest BCUT2D eigenvalue weighted by molar-refractivity contribution is -0.149. The quantitative estimate of drug-likeness (QED) is 0.213. The Morgan fingerprint density at radius 2 is 1.92 bits per heavy atom. The number of imidazole rings is 1. The van der Waals surface area contributed by atoms with E-state index < -0.39 is 50.9 Å². The van der Waals surface area contributed by atoms with Crippen LogP contribution in [0.3, 0.4) is 0 Å². The molecule has 1 aromatic carbocycles. The molecule has 0 bridgehead atoms. The normalized spacial score (nSPS) is 24.2. The average Bonchev–Trinajstić information content (AvgIpc) is 3.40. The van der Waals surface area contributed by atoms with Gasteiger partial charge in [0.15, 0.2) is 17.7 Å². The van der Waals surface area contributed by atoms with Crippen LogP contribution in [0.25, 0.3) is 11.2 Å². The van der Waals surface area contributed by atoms with Crippen LogP contribution in [0.2, 0.25) is 0 Å². The maximum atomic E-state index is 13.6. The van der Waals surface area contributed by atoms with Crippen molar-refractivity contribution in [2.75, 3.05) is 12.3 Å². The number of esters is 1. The predicted molar refractivity (Wildman–Crippen MR) is 130 cm³/mol. The van der Waals surface area contributed by atoms with Gasteiger partial charge in [-0.15, -0.1) is 0 Å². The number of aliphatic hydroxyl groups excluding tert-OH is 2. The molecule has 5 N–H and O–H groups in total. The number of rotatable bonds is 10. The molecular formula is C22H29N6O8P. The molecule has 0 saturated carbocycles. The molecule has 1 aliphatic rings. The summed E-state index contributed by atoms with van der Waals surface area (Å²) in [5.74, 6) is -0.293. The Balaban J connectivity index is 1.50. The van der Waals surface area contributed by atoms with Gasteiger partial charge in [0, 0.05) is 0 Å². The Morgan fingerprint density at radius 3 is 2.62 bits per heavy atom. The van der Waals surface area contributed by atoms with E-state index in [1.54, 1.807) is 44.2 Å². The van der Waals surface area contributed by atoms with E-state index >= 15 is 0 Å². The fourth-order valence-corrected chi connectivity index (χ4v) is 5.16. The lowest BCUT2D eigenvalue weighted by Crippen LogP contribution is -2.38. The van der Waals surface area contributed by atoms with E-state index in [4.69, 9.17) is 24.3 Å². The van der Waals surface area contributed by atoms with Crippen molar-refractivity contribution in [2.45, 2.75) is 57.5 Å². The number of ether oxygens (including phenoxy) is 2. The van der Waals surface area contributed by atoms with Gasteiger partial charge >= 0.3 is 13.7 Å². The fraction of sp³-hybridized carbons (Fsp3) is 0.455. The molecule has 6 atom stereocenters. The first-order chi connectivity index (χ1) is 17.6. The Labute approximate surface area is 212 Å². The van der Waals surface area contributed by atoms with Crippen LogP contribution in [0.15, 0.2) is 43.0 Å². The molecule has 0 amide bonds. The smallest absolute Gasteiger partial charge is 0.459 e. The second-order valence-electron chi connectivity index (χ2n) is 8.66. The summed E-state index contributed by atoms with van der Waals surface area (Å²) in [6.45, 7) is 4.37. The van der Waals surface area contributed by atoms with Gasteiger partial charge in [-0.25, -0.2) is 19.5 Å². The Bertz CT molecular complexity index is 1270. The molecule has 3 aromatic rings. The zero-order valence-electron chi connectivity index (χ0n) is 20.4. The molecule has 1 saturated heterocycles. The number of nitrogen functional groups attached to an aromatic ring is 1. The van der Waals surface area contributed by atoms with E-state index in [0.29, 0.717) is 11.2 Å². The number of hydrogen-bond donors (Lipinski definition) is 4. The molecule has 200 valence electrons. The first-order valence-corrected chi connectivity index (χ1v) is 13.0. The van der Waals surface area contributed by atoms with Gasteiger partial charge in [0.2, 0.25) is 0 Å². The maximum absolute atomic E-state index is 13.6. The van der Waals surface area contributed by atoms with E-state index in [9.17, 15) is 19.6 Å². The molecule has 4 rings (SSSR count). The number of nitrogens with two attached hydrogens (primary N) is 1. The van der Waals surface area contributed by atoms with Crippen molar-refractivity contribution in [3.8, 4) is 5.75 Å². The zero-order chi connectivity index (χ0) is 26.7. The highest BCUT2D eigenvalue weighted by atomic mass is 31.2. The van der Waals surface area contributed by atoms with Gasteiger partial charge in [-0.3, -0.25) is 13.9 Å². The summed E-state index contributed by atoms with van der Waals surface area (Å²) < 4.78 is 37.2. The van der Waals surface area contributed by atoms with E-state index in [1.807, 2.05) is 0 Å². The number of carbonyl (C=O) groups excluding carboxylic acids is 1. The number of para-hydroxylation sites is 1. The van der Waals surface area contributed by atoms with Gasteiger partial charge in [-0.05, 0) is 32.9 Å². The van der Waals surface area contributed by atoms with Crippen molar-refractivity contribution in [3.63, 3.8) is 0 Å². The number of nitrogens with one attached hydrogen (secondary N) is 1. The molecule has 14 nitrogen and oxygen atoms in total. The van der Waals surface area contributed by atoms with Gasteiger partial charge in [0.25, 0.3) is 0 Å². The number of benzene rings is 1. The number of anilines is 1. The third-order valence-electron chi connectivity index (χ3n) is 5.43. The maximum Gasteiger partial charge on any atom is 0.459 e. The lowest BCUT2D eigenvalue weighted by Gasteiger charge is -2.25. The summed E-state index contributed by atoms with van der Waals surface area (Å²) >= 11 is 0. The summed E-state index contributed by atoms with van der Waals surface area (Å²) in [4.78, 5) is 24.4. The van der Waals surface area contributed by atoms with Crippen molar-refractivity contribution >= 4 is 30.7 Å². The van der Waals surface area contributed by atoms with Gasteiger partial charge in [-0.1, -0.05) is 18.2 Å². The highest BCUT2D eigenvalue weighted by Crippen LogP contribution is 2.46. The average molecular weight is 536 g/mol.